The molecule has 1 fully saturated rings. The van der Waals surface area contributed by atoms with E-state index >= 15 is 0 Å². The Morgan fingerprint density at radius 1 is 1.36 bits per heavy atom. The van der Waals surface area contributed by atoms with E-state index in [4.69, 9.17) is 11.6 Å². The van der Waals surface area contributed by atoms with Gasteiger partial charge in [0.05, 0.1) is 23.1 Å². The van der Waals surface area contributed by atoms with Crippen LogP contribution in [0.5, 0.6) is 0 Å². The summed E-state index contributed by atoms with van der Waals surface area (Å²) in [6.45, 7) is 8.20. The summed E-state index contributed by atoms with van der Waals surface area (Å²) < 4.78 is 1.84. The van der Waals surface area contributed by atoms with Gasteiger partial charge in [0.25, 0.3) is 5.91 Å². The second-order valence-electron chi connectivity index (χ2n) is 7.04. The molecular formula is C19H25ClN4O. The van der Waals surface area contributed by atoms with Crippen molar-refractivity contribution < 1.29 is 4.79 Å². The van der Waals surface area contributed by atoms with Crippen molar-refractivity contribution in [2.45, 2.75) is 39.2 Å². The minimum Gasteiger partial charge on any atom is -0.349 e. The van der Waals surface area contributed by atoms with E-state index in [-0.39, 0.29) is 17.9 Å². The molecule has 2 N–H and O–H groups in total. The number of aromatic nitrogens is 2. The summed E-state index contributed by atoms with van der Waals surface area (Å²) >= 11 is 5.98. The van der Waals surface area contributed by atoms with E-state index in [9.17, 15) is 4.79 Å². The smallest absolute Gasteiger partial charge is 0.255 e. The lowest BCUT2D eigenvalue weighted by Crippen LogP contribution is -2.48. The summed E-state index contributed by atoms with van der Waals surface area (Å²) in [5.74, 6) is 0.554. The van der Waals surface area contributed by atoms with Gasteiger partial charge in [0.1, 0.15) is 0 Å². The van der Waals surface area contributed by atoms with E-state index in [0.29, 0.717) is 16.5 Å². The lowest BCUT2D eigenvalue weighted by Gasteiger charge is -2.30. The summed E-state index contributed by atoms with van der Waals surface area (Å²) in [4.78, 5) is 12.9. The van der Waals surface area contributed by atoms with Crippen molar-refractivity contribution in [3.05, 3.63) is 46.7 Å². The molecule has 2 heterocycles. The van der Waals surface area contributed by atoms with E-state index in [1.807, 2.05) is 28.9 Å². The Hall–Kier alpha value is -1.85. The zero-order valence-electron chi connectivity index (χ0n) is 14.9. The highest BCUT2D eigenvalue weighted by Gasteiger charge is 2.26. The molecule has 1 aromatic heterocycles. The number of carbonyl (C=O) groups excluding carboxylic acids is 1. The predicted octanol–water partition coefficient (Wildman–Crippen LogP) is 3.38. The third-order valence-electron chi connectivity index (χ3n) is 4.77. The third-order valence-corrected chi connectivity index (χ3v) is 5.02. The van der Waals surface area contributed by atoms with E-state index in [2.05, 4.69) is 36.5 Å². The molecule has 3 rings (SSSR count). The van der Waals surface area contributed by atoms with Crippen LogP contribution in [-0.2, 0) is 0 Å². The highest BCUT2D eigenvalue weighted by Crippen LogP contribution is 2.24. The summed E-state index contributed by atoms with van der Waals surface area (Å²) in [6, 6.07) is 7.70. The number of hydrogen-bond donors (Lipinski definition) is 2. The maximum absolute atomic E-state index is 12.9. The van der Waals surface area contributed by atoms with Crippen LogP contribution in [0.25, 0.3) is 5.69 Å². The van der Waals surface area contributed by atoms with Gasteiger partial charge in [-0.1, -0.05) is 32.4 Å². The van der Waals surface area contributed by atoms with Crippen LogP contribution in [0.2, 0.25) is 5.02 Å². The number of amides is 1. The number of nitrogens with one attached hydrogen (secondary N) is 2. The van der Waals surface area contributed by atoms with Crippen molar-refractivity contribution in [3.8, 4) is 5.69 Å². The molecule has 0 spiro atoms. The van der Waals surface area contributed by atoms with Gasteiger partial charge in [-0.3, -0.25) is 4.79 Å². The first kappa shape index (κ1) is 18.0. The van der Waals surface area contributed by atoms with Crippen LogP contribution in [0.1, 0.15) is 49.2 Å². The first-order valence-electron chi connectivity index (χ1n) is 8.82. The molecule has 5 nitrogen and oxygen atoms in total. The van der Waals surface area contributed by atoms with Crippen molar-refractivity contribution in [2.75, 3.05) is 13.1 Å². The average Bonchev–Trinajstić information content (AvgIpc) is 3.03. The Bertz CT molecular complexity index is 738. The van der Waals surface area contributed by atoms with Gasteiger partial charge in [0, 0.05) is 11.1 Å². The van der Waals surface area contributed by atoms with Crippen LogP contribution in [0.4, 0.5) is 0 Å². The van der Waals surface area contributed by atoms with Gasteiger partial charge < -0.3 is 10.6 Å². The van der Waals surface area contributed by atoms with Crippen molar-refractivity contribution in [1.82, 2.24) is 20.4 Å². The molecule has 1 aromatic carbocycles. The molecule has 0 saturated carbocycles. The van der Waals surface area contributed by atoms with Gasteiger partial charge in [-0.25, -0.2) is 4.68 Å². The number of benzene rings is 1. The van der Waals surface area contributed by atoms with E-state index in [1.165, 1.54) is 0 Å². The third kappa shape index (κ3) is 3.88. The number of carbonyl (C=O) groups is 1. The minimum atomic E-state index is -0.0392. The Morgan fingerprint density at radius 2 is 2.08 bits per heavy atom. The zero-order valence-corrected chi connectivity index (χ0v) is 15.7. The molecule has 6 heteroatoms. The van der Waals surface area contributed by atoms with Crippen LogP contribution < -0.4 is 10.6 Å². The van der Waals surface area contributed by atoms with Crippen LogP contribution in [0.15, 0.2) is 30.5 Å². The molecule has 2 aromatic rings. The van der Waals surface area contributed by atoms with Crippen LogP contribution in [0, 0.1) is 5.92 Å². The van der Waals surface area contributed by atoms with Crippen LogP contribution in [-0.4, -0.2) is 34.8 Å². The standard InChI is InChI=1S/C19H25ClN4O/c1-12(2)18-16(19(25)23-17-8-9-21-10-13(17)3)11-22-24(18)15-6-4-14(20)5-7-15/h4-7,11-13,17,21H,8-10H2,1-3H3,(H,23,25). The largest absolute Gasteiger partial charge is 0.349 e. The SMILES string of the molecule is CC(C)c1c(C(=O)NC2CCNCC2C)cnn1-c1ccc(Cl)cc1. The highest BCUT2D eigenvalue weighted by atomic mass is 35.5. The molecular weight excluding hydrogens is 336 g/mol. The fraction of sp³-hybridized carbons (Fsp3) is 0.474. The number of rotatable bonds is 4. The van der Waals surface area contributed by atoms with Crippen molar-refractivity contribution in [3.63, 3.8) is 0 Å². The van der Waals surface area contributed by atoms with Crippen molar-refractivity contribution >= 4 is 17.5 Å². The molecule has 134 valence electrons. The lowest BCUT2D eigenvalue weighted by atomic mass is 9.94. The molecule has 1 saturated heterocycles. The van der Waals surface area contributed by atoms with Gasteiger partial charge in [0.2, 0.25) is 0 Å². The van der Waals surface area contributed by atoms with Gasteiger partial charge >= 0.3 is 0 Å². The predicted molar refractivity (Wildman–Crippen MR) is 101 cm³/mol. The van der Waals surface area contributed by atoms with Gasteiger partial charge in [-0.2, -0.15) is 5.10 Å². The van der Waals surface area contributed by atoms with Crippen LogP contribution in [0.3, 0.4) is 0 Å². The van der Waals surface area contributed by atoms with Gasteiger partial charge in [-0.15, -0.1) is 0 Å². The van der Waals surface area contributed by atoms with Gasteiger partial charge in [-0.05, 0) is 55.6 Å². The number of nitrogens with zero attached hydrogens (tertiary/aromatic N) is 2. The van der Waals surface area contributed by atoms with Crippen LogP contribution >= 0.6 is 11.6 Å². The molecule has 1 aliphatic rings. The minimum absolute atomic E-state index is 0.0392. The Labute approximate surface area is 153 Å². The fourth-order valence-electron chi connectivity index (χ4n) is 3.35. The Morgan fingerprint density at radius 3 is 2.72 bits per heavy atom. The number of hydrogen-bond acceptors (Lipinski definition) is 3. The summed E-state index contributed by atoms with van der Waals surface area (Å²) in [5.41, 5.74) is 2.47. The first-order valence-corrected chi connectivity index (χ1v) is 9.20. The second-order valence-corrected chi connectivity index (χ2v) is 7.47. The van der Waals surface area contributed by atoms with E-state index in [0.717, 1.165) is 30.9 Å². The summed E-state index contributed by atoms with van der Waals surface area (Å²) in [6.07, 6.45) is 2.63. The monoisotopic (exact) mass is 360 g/mol. The fourth-order valence-corrected chi connectivity index (χ4v) is 3.48. The molecule has 0 aliphatic carbocycles. The molecule has 2 unspecified atom stereocenters. The second kappa shape index (κ2) is 7.58. The molecule has 25 heavy (non-hydrogen) atoms. The van der Waals surface area contributed by atoms with E-state index < -0.39 is 0 Å². The highest BCUT2D eigenvalue weighted by molar-refractivity contribution is 6.30. The molecule has 1 aliphatic heterocycles. The summed E-state index contributed by atoms with van der Waals surface area (Å²) in [7, 11) is 0. The van der Waals surface area contributed by atoms with Crippen molar-refractivity contribution in [2.24, 2.45) is 5.92 Å². The zero-order chi connectivity index (χ0) is 18.0. The maximum atomic E-state index is 12.9. The number of piperidine rings is 1. The lowest BCUT2D eigenvalue weighted by molar-refractivity contribution is 0.0913. The van der Waals surface area contributed by atoms with E-state index in [1.54, 1.807) is 6.20 Å². The topological polar surface area (TPSA) is 59.0 Å². The number of halogens is 1. The van der Waals surface area contributed by atoms with Crippen molar-refractivity contribution in [1.29, 1.82) is 0 Å². The quantitative estimate of drug-likeness (QED) is 0.878. The van der Waals surface area contributed by atoms with Gasteiger partial charge in [0.15, 0.2) is 0 Å². The Balaban J connectivity index is 1.88. The summed E-state index contributed by atoms with van der Waals surface area (Å²) in [5, 5.41) is 11.7. The Kier molecular flexibility index (Phi) is 5.45. The maximum Gasteiger partial charge on any atom is 0.255 e. The normalized spacial score (nSPS) is 20.7. The molecule has 1 amide bonds. The average molecular weight is 361 g/mol. The molecule has 2 atom stereocenters. The molecule has 0 bridgehead atoms. The molecule has 0 radical (unpaired) electrons. The first-order chi connectivity index (χ1) is 12.0.